The fraction of sp³-hybridized carbons (Fsp3) is 0.400. The van der Waals surface area contributed by atoms with Gasteiger partial charge in [-0.3, -0.25) is 4.79 Å². The molecule has 1 aromatic heterocycles. The molecule has 68 valence electrons. The van der Waals surface area contributed by atoms with E-state index in [1.807, 2.05) is 16.8 Å². The molecule has 1 heterocycles. The van der Waals surface area contributed by atoms with Crippen LogP contribution >= 0.6 is 11.3 Å². The minimum Gasteiger partial charge on any atom is -0.300 e. The van der Waals surface area contributed by atoms with Gasteiger partial charge in [-0.15, -0.1) is 0 Å². The zero-order valence-electron chi connectivity index (χ0n) is 7.70. The molecule has 0 saturated heterocycles. The Morgan fingerprint density at radius 1 is 1.77 bits per heavy atom. The summed E-state index contributed by atoms with van der Waals surface area (Å²) in [6.45, 7) is 3.32. The van der Waals surface area contributed by atoms with Crippen molar-refractivity contribution in [3.05, 3.63) is 22.4 Å². The number of Topliss-reactive ketones (excluding diaryl/α,β-unsaturated/α-hetero) is 1. The van der Waals surface area contributed by atoms with Crippen LogP contribution in [0.25, 0.3) is 0 Å². The molecule has 0 radical (unpaired) electrons. The van der Waals surface area contributed by atoms with E-state index in [4.69, 9.17) is 5.26 Å². The Kier molecular flexibility index (Phi) is 2.84. The minimum atomic E-state index is -0.647. The first kappa shape index (κ1) is 9.94. The monoisotopic (exact) mass is 193 g/mol. The van der Waals surface area contributed by atoms with Crippen molar-refractivity contribution >= 4 is 17.1 Å². The lowest BCUT2D eigenvalue weighted by Crippen LogP contribution is -2.21. The van der Waals surface area contributed by atoms with Gasteiger partial charge >= 0.3 is 0 Å². The normalized spacial score (nSPS) is 14.5. The standard InChI is InChI=1S/C10H11NOS/c1-8(12)5-10(2,7-11)9-3-4-13-6-9/h3-4,6H,5H2,1-2H3. The van der Waals surface area contributed by atoms with Gasteiger partial charge < -0.3 is 0 Å². The van der Waals surface area contributed by atoms with Gasteiger partial charge in [0.15, 0.2) is 0 Å². The van der Waals surface area contributed by atoms with E-state index in [-0.39, 0.29) is 5.78 Å². The van der Waals surface area contributed by atoms with Crippen molar-refractivity contribution < 1.29 is 4.79 Å². The predicted octanol–water partition coefficient (Wildman–Crippen LogP) is 2.51. The quantitative estimate of drug-likeness (QED) is 0.740. The number of nitriles is 1. The van der Waals surface area contributed by atoms with Gasteiger partial charge in [0.1, 0.15) is 5.78 Å². The van der Waals surface area contributed by atoms with E-state index in [1.54, 1.807) is 18.3 Å². The molecule has 0 spiro atoms. The lowest BCUT2D eigenvalue weighted by molar-refractivity contribution is -0.117. The second-order valence-corrected chi connectivity index (χ2v) is 4.11. The van der Waals surface area contributed by atoms with Crippen molar-refractivity contribution in [3.8, 4) is 6.07 Å². The first-order valence-electron chi connectivity index (χ1n) is 4.02. The zero-order valence-corrected chi connectivity index (χ0v) is 8.52. The van der Waals surface area contributed by atoms with Crippen LogP contribution in [0.5, 0.6) is 0 Å². The summed E-state index contributed by atoms with van der Waals surface area (Å²) in [6, 6.07) is 4.10. The second-order valence-electron chi connectivity index (χ2n) is 3.33. The van der Waals surface area contributed by atoms with E-state index in [0.717, 1.165) is 5.56 Å². The molecule has 2 nitrogen and oxygen atoms in total. The average molecular weight is 193 g/mol. The van der Waals surface area contributed by atoms with Crippen LogP contribution in [0, 0.1) is 11.3 Å². The van der Waals surface area contributed by atoms with E-state index in [2.05, 4.69) is 6.07 Å². The van der Waals surface area contributed by atoms with E-state index < -0.39 is 5.41 Å². The van der Waals surface area contributed by atoms with Gasteiger partial charge in [0, 0.05) is 6.42 Å². The van der Waals surface area contributed by atoms with Crippen LogP contribution in [0.1, 0.15) is 25.8 Å². The molecule has 0 aliphatic carbocycles. The van der Waals surface area contributed by atoms with Crippen LogP contribution in [-0.2, 0) is 10.2 Å². The minimum absolute atomic E-state index is 0.0512. The van der Waals surface area contributed by atoms with Crippen molar-refractivity contribution in [1.82, 2.24) is 0 Å². The summed E-state index contributed by atoms with van der Waals surface area (Å²) in [5.41, 5.74) is 0.293. The highest BCUT2D eigenvalue weighted by molar-refractivity contribution is 7.08. The van der Waals surface area contributed by atoms with Crippen molar-refractivity contribution in [2.45, 2.75) is 25.7 Å². The van der Waals surface area contributed by atoms with Crippen LogP contribution in [0.3, 0.4) is 0 Å². The fourth-order valence-electron chi connectivity index (χ4n) is 1.28. The smallest absolute Gasteiger partial charge is 0.131 e. The van der Waals surface area contributed by atoms with E-state index in [9.17, 15) is 4.79 Å². The third-order valence-electron chi connectivity index (χ3n) is 2.01. The van der Waals surface area contributed by atoms with E-state index in [0.29, 0.717) is 6.42 Å². The summed E-state index contributed by atoms with van der Waals surface area (Å²) in [7, 11) is 0. The van der Waals surface area contributed by atoms with Crippen molar-refractivity contribution in [2.75, 3.05) is 0 Å². The molecule has 13 heavy (non-hydrogen) atoms. The highest BCUT2D eigenvalue weighted by atomic mass is 32.1. The Morgan fingerprint density at radius 3 is 2.85 bits per heavy atom. The summed E-state index contributed by atoms with van der Waals surface area (Å²) >= 11 is 1.55. The third-order valence-corrected chi connectivity index (χ3v) is 2.69. The van der Waals surface area contributed by atoms with Gasteiger partial charge in [-0.05, 0) is 36.2 Å². The number of nitrogens with zero attached hydrogens (tertiary/aromatic N) is 1. The number of ketones is 1. The number of hydrogen-bond acceptors (Lipinski definition) is 3. The molecule has 0 fully saturated rings. The van der Waals surface area contributed by atoms with Gasteiger partial charge in [-0.1, -0.05) is 0 Å². The second kappa shape index (κ2) is 3.71. The zero-order chi connectivity index (χ0) is 9.90. The predicted molar refractivity (Wildman–Crippen MR) is 52.6 cm³/mol. The topological polar surface area (TPSA) is 40.9 Å². The fourth-order valence-corrected chi connectivity index (χ4v) is 2.07. The first-order valence-corrected chi connectivity index (χ1v) is 4.96. The van der Waals surface area contributed by atoms with E-state index in [1.165, 1.54) is 6.92 Å². The summed E-state index contributed by atoms with van der Waals surface area (Å²) < 4.78 is 0. The van der Waals surface area contributed by atoms with Crippen LogP contribution in [0.4, 0.5) is 0 Å². The molecule has 0 N–H and O–H groups in total. The summed E-state index contributed by atoms with van der Waals surface area (Å²) in [5.74, 6) is 0.0512. The number of thiophene rings is 1. The van der Waals surface area contributed by atoms with Crippen LogP contribution < -0.4 is 0 Å². The molecule has 0 aromatic carbocycles. The Balaban J connectivity index is 2.96. The summed E-state index contributed by atoms with van der Waals surface area (Å²) in [5, 5.41) is 12.9. The third kappa shape index (κ3) is 2.16. The molecule has 0 aliphatic heterocycles. The number of rotatable bonds is 3. The Morgan fingerprint density at radius 2 is 2.46 bits per heavy atom. The molecular formula is C10H11NOS. The molecule has 3 heteroatoms. The Hall–Kier alpha value is -1.14. The van der Waals surface area contributed by atoms with Gasteiger partial charge in [-0.2, -0.15) is 16.6 Å². The maximum atomic E-state index is 11.0. The van der Waals surface area contributed by atoms with Gasteiger partial charge in [0.25, 0.3) is 0 Å². The molecule has 1 rings (SSSR count). The van der Waals surface area contributed by atoms with Crippen LogP contribution in [-0.4, -0.2) is 5.78 Å². The molecule has 0 saturated carbocycles. The summed E-state index contributed by atoms with van der Waals surface area (Å²) in [4.78, 5) is 11.0. The van der Waals surface area contributed by atoms with Crippen LogP contribution in [0.2, 0.25) is 0 Å². The molecule has 1 atom stereocenters. The Bertz CT molecular complexity index is 336. The number of carbonyl (C=O) groups is 1. The highest BCUT2D eigenvalue weighted by Crippen LogP contribution is 2.28. The number of carbonyl (C=O) groups excluding carboxylic acids is 1. The molecule has 0 amide bonds. The molecular weight excluding hydrogens is 182 g/mol. The van der Waals surface area contributed by atoms with Crippen molar-refractivity contribution in [3.63, 3.8) is 0 Å². The van der Waals surface area contributed by atoms with Crippen molar-refractivity contribution in [1.29, 1.82) is 5.26 Å². The lowest BCUT2D eigenvalue weighted by atomic mass is 9.81. The van der Waals surface area contributed by atoms with Gasteiger partial charge in [-0.25, -0.2) is 0 Å². The van der Waals surface area contributed by atoms with Gasteiger partial charge in [0.05, 0.1) is 11.5 Å². The van der Waals surface area contributed by atoms with Crippen LogP contribution in [0.15, 0.2) is 16.8 Å². The summed E-state index contributed by atoms with van der Waals surface area (Å²) in [6.07, 6.45) is 0.292. The molecule has 1 unspecified atom stereocenters. The molecule has 1 aromatic rings. The number of hydrogen-bond donors (Lipinski definition) is 0. The highest BCUT2D eigenvalue weighted by Gasteiger charge is 2.28. The molecule has 0 bridgehead atoms. The SMILES string of the molecule is CC(=O)CC(C)(C#N)c1ccsc1. The maximum absolute atomic E-state index is 11.0. The lowest BCUT2D eigenvalue weighted by Gasteiger charge is -2.18. The largest absolute Gasteiger partial charge is 0.300 e. The maximum Gasteiger partial charge on any atom is 0.131 e. The van der Waals surface area contributed by atoms with Gasteiger partial charge in [0.2, 0.25) is 0 Å². The Labute approximate surface area is 81.8 Å². The molecule has 0 aliphatic rings. The van der Waals surface area contributed by atoms with Crippen molar-refractivity contribution in [2.24, 2.45) is 0 Å². The average Bonchev–Trinajstić information content (AvgIpc) is 2.55. The first-order chi connectivity index (χ1) is 6.08. The van der Waals surface area contributed by atoms with E-state index >= 15 is 0 Å².